The lowest BCUT2D eigenvalue weighted by Crippen LogP contribution is -2.58. The first-order valence-electron chi connectivity index (χ1n) is 9.70. The van der Waals surface area contributed by atoms with Crippen LogP contribution in [0, 0.1) is 0 Å². The molecule has 1 saturated heterocycles. The van der Waals surface area contributed by atoms with E-state index in [1.165, 1.54) is 0 Å². The Kier molecular flexibility index (Phi) is 8.01. The molecule has 1 aromatic carbocycles. The first kappa shape index (κ1) is 23.1. The molecule has 1 fully saturated rings. The van der Waals surface area contributed by atoms with E-state index in [0.29, 0.717) is 37.8 Å². The molecule has 0 aliphatic carbocycles. The SMILES string of the molecule is CCCC(C)(N)C(=O)N1CCN(Cc2nc(-c3ccc(OC)cc3)no2)CC1.Cl. The second-order valence-corrected chi connectivity index (χ2v) is 7.48. The average molecular weight is 424 g/mol. The summed E-state index contributed by atoms with van der Waals surface area (Å²) in [6.07, 6.45) is 1.59. The first-order valence-corrected chi connectivity index (χ1v) is 9.70. The van der Waals surface area contributed by atoms with Crippen molar-refractivity contribution in [3.8, 4) is 17.1 Å². The van der Waals surface area contributed by atoms with Crippen molar-refractivity contribution in [2.24, 2.45) is 5.73 Å². The van der Waals surface area contributed by atoms with Gasteiger partial charge in [-0.25, -0.2) is 0 Å². The van der Waals surface area contributed by atoms with Crippen LogP contribution in [0.5, 0.6) is 5.75 Å². The van der Waals surface area contributed by atoms with E-state index in [1.807, 2.05) is 43.0 Å². The summed E-state index contributed by atoms with van der Waals surface area (Å²) in [5.41, 5.74) is 6.29. The highest BCUT2D eigenvalue weighted by Gasteiger charge is 2.33. The number of carbonyl (C=O) groups excluding carboxylic acids is 1. The molecular weight excluding hydrogens is 394 g/mol. The highest BCUT2D eigenvalue weighted by atomic mass is 35.5. The average Bonchev–Trinajstić information content (AvgIpc) is 3.16. The third kappa shape index (κ3) is 5.68. The summed E-state index contributed by atoms with van der Waals surface area (Å²) in [6, 6.07) is 7.53. The van der Waals surface area contributed by atoms with E-state index in [4.69, 9.17) is 15.0 Å². The van der Waals surface area contributed by atoms with Crippen LogP contribution in [-0.4, -0.2) is 64.7 Å². The Labute approximate surface area is 177 Å². The lowest BCUT2D eigenvalue weighted by molar-refractivity contribution is -0.138. The number of halogens is 1. The van der Waals surface area contributed by atoms with E-state index < -0.39 is 5.54 Å². The van der Waals surface area contributed by atoms with E-state index in [0.717, 1.165) is 30.8 Å². The molecule has 0 bridgehead atoms. The summed E-state index contributed by atoms with van der Waals surface area (Å²) in [4.78, 5) is 21.2. The second kappa shape index (κ2) is 10.0. The maximum absolute atomic E-state index is 12.6. The van der Waals surface area contributed by atoms with Crippen LogP contribution in [-0.2, 0) is 11.3 Å². The van der Waals surface area contributed by atoms with Gasteiger partial charge in [0.05, 0.1) is 19.2 Å². The minimum absolute atomic E-state index is 0. The zero-order valence-electron chi connectivity index (χ0n) is 17.3. The Morgan fingerprint density at radius 2 is 1.90 bits per heavy atom. The number of hydrogen-bond donors (Lipinski definition) is 1. The molecular formula is C20H30ClN5O3. The third-order valence-electron chi connectivity index (χ3n) is 5.09. The molecule has 1 aromatic heterocycles. The maximum Gasteiger partial charge on any atom is 0.242 e. The predicted molar refractivity (Wildman–Crippen MR) is 113 cm³/mol. The quantitative estimate of drug-likeness (QED) is 0.729. The number of piperazine rings is 1. The fraction of sp³-hybridized carbons (Fsp3) is 0.550. The van der Waals surface area contributed by atoms with Crippen LogP contribution in [0.1, 0.15) is 32.6 Å². The lowest BCUT2D eigenvalue weighted by atomic mass is 9.95. The number of carbonyl (C=O) groups is 1. The van der Waals surface area contributed by atoms with Crippen molar-refractivity contribution in [3.63, 3.8) is 0 Å². The monoisotopic (exact) mass is 423 g/mol. The highest BCUT2D eigenvalue weighted by Crippen LogP contribution is 2.20. The number of benzene rings is 1. The van der Waals surface area contributed by atoms with Crippen LogP contribution < -0.4 is 10.5 Å². The zero-order chi connectivity index (χ0) is 20.1. The molecule has 8 nitrogen and oxygen atoms in total. The fourth-order valence-corrected chi connectivity index (χ4v) is 3.46. The van der Waals surface area contributed by atoms with Gasteiger partial charge in [-0.05, 0) is 37.6 Å². The minimum Gasteiger partial charge on any atom is -0.497 e. The lowest BCUT2D eigenvalue weighted by Gasteiger charge is -2.38. The molecule has 1 atom stereocenters. The molecule has 1 aliphatic rings. The molecule has 1 amide bonds. The number of rotatable bonds is 7. The number of nitrogens with two attached hydrogens (primary N) is 1. The zero-order valence-corrected chi connectivity index (χ0v) is 18.1. The molecule has 2 N–H and O–H groups in total. The van der Waals surface area contributed by atoms with Gasteiger partial charge in [-0.3, -0.25) is 9.69 Å². The first-order chi connectivity index (χ1) is 13.4. The molecule has 1 unspecified atom stereocenters. The Balaban J connectivity index is 0.00000300. The van der Waals surface area contributed by atoms with Crippen LogP contribution in [0.2, 0.25) is 0 Å². The van der Waals surface area contributed by atoms with Gasteiger partial charge in [0.2, 0.25) is 17.6 Å². The molecule has 0 radical (unpaired) electrons. The maximum atomic E-state index is 12.6. The smallest absolute Gasteiger partial charge is 0.242 e. The minimum atomic E-state index is -0.781. The van der Waals surface area contributed by atoms with Crippen molar-refractivity contribution in [2.75, 3.05) is 33.3 Å². The van der Waals surface area contributed by atoms with Gasteiger partial charge >= 0.3 is 0 Å². The largest absolute Gasteiger partial charge is 0.497 e. The standard InChI is InChI=1S/C20H29N5O3.ClH/c1-4-9-20(2,21)19(26)25-12-10-24(11-13-25)14-17-22-18(23-28-17)15-5-7-16(27-3)8-6-15;/h5-8H,4,9-14,21H2,1-3H3;1H. The van der Waals surface area contributed by atoms with Crippen molar-refractivity contribution < 1.29 is 14.1 Å². The summed E-state index contributed by atoms with van der Waals surface area (Å²) < 4.78 is 10.6. The van der Waals surface area contributed by atoms with Gasteiger partial charge < -0.3 is 19.9 Å². The summed E-state index contributed by atoms with van der Waals surface area (Å²) in [6.45, 7) is 7.28. The Hall–Kier alpha value is -2.16. The van der Waals surface area contributed by atoms with Crippen LogP contribution in [0.4, 0.5) is 0 Å². The summed E-state index contributed by atoms with van der Waals surface area (Å²) >= 11 is 0. The van der Waals surface area contributed by atoms with Gasteiger partial charge in [-0.1, -0.05) is 18.5 Å². The van der Waals surface area contributed by atoms with Gasteiger partial charge in [-0.2, -0.15) is 4.98 Å². The Morgan fingerprint density at radius 1 is 1.24 bits per heavy atom. The van der Waals surface area contributed by atoms with E-state index in [2.05, 4.69) is 15.0 Å². The third-order valence-corrected chi connectivity index (χ3v) is 5.09. The van der Waals surface area contributed by atoms with Gasteiger partial charge in [0.25, 0.3) is 0 Å². The second-order valence-electron chi connectivity index (χ2n) is 7.48. The molecule has 0 spiro atoms. The van der Waals surface area contributed by atoms with E-state index in [-0.39, 0.29) is 18.3 Å². The predicted octanol–water partition coefficient (Wildman–Crippen LogP) is 2.33. The van der Waals surface area contributed by atoms with Crippen molar-refractivity contribution in [3.05, 3.63) is 30.2 Å². The Morgan fingerprint density at radius 3 is 2.48 bits per heavy atom. The number of aromatic nitrogens is 2. The van der Waals surface area contributed by atoms with Gasteiger partial charge in [0.15, 0.2) is 0 Å². The van der Waals surface area contributed by atoms with Crippen molar-refractivity contribution in [1.29, 1.82) is 0 Å². The van der Waals surface area contributed by atoms with E-state index >= 15 is 0 Å². The van der Waals surface area contributed by atoms with Gasteiger partial charge in [0.1, 0.15) is 5.75 Å². The molecule has 29 heavy (non-hydrogen) atoms. The van der Waals surface area contributed by atoms with Crippen LogP contribution in [0.3, 0.4) is 0 Å². The van der Waals surface area contributed by atoms with Crippen molar-refractivity contribution >= 4 is 18.3 Å². The molecule has 3 rings (SSSR count). The molecule has 9 heteroatoms. The molecule has 0 saturated carbocycles. The number of ether oxygens (including phenoxy) is 1. The van der Waals surface area contributed by atoms with Gasteiger partial charge in [-0.15, -0.1) is 12.4 Å². The highest BCUT2D eigenvalue weighted by molar-refractivity contribution is 5.86. The van der Waals surface area contributed by atoms with Crippen LogP contribution in [0.25, 0.3) is 11.4 Å². The topological polar surface area (TPSA) is 97.7 Å². The normalized spacial score (nSPS) is 16.8. The van der Waals surface area contributed by atoms with E-state index in [9.17, 15) is 4.79 Å². The molecule has 160 valence electrons. The molecule has 2 heterocycles. The fourth-order valence-electron chi connectivity index (χ4n) is 3.46. The van der Waals surface area contributed by atoms with Crippen LogP contribution in [0.15, 0.2) is 28.8 Å². The molecule has 1 aliphatic heterocycles. The van der Waals surface area contributed by atoms with E-state index in [1.54, 1.807) is 7.11 Å². The van der Waals surface area contributed by atoms with Crippen LogP contribution >= 0.6 is 12.4 Å². The van der Waals surface area contributed by atoms with Gasteiger partial charge in [0, 0.05) is 31.7 Å². The molecule has 2 aromatic rings. The summed E-state index contributed by atoms with van der Waals surface area (Å²) in [7, 11) is 1.63. The number of amides is 1. The summed E-state index contributed by atoms with van der Waals surface area (Å²) in [5, 5.41) is 4.07. The van der Waals surface area contributed by atoms with Crippen molar-refractivity contribution in [1.82, 2.24) is 19.9 Å². The number of nitrogens with zero attached hydrogens (tertiary/aromatic N) is 4. The number of methoxy groups -OCH3 is 1. The Bertz CT molecular complexity index is 786. The van der Waals surface area contributed by atoms with Crippen molar-refractivity contribution in [2.45, 2.75) is 38.8 Å². The number of hydrogen-bond acceptors (Lipinski definition) is 7. The summed E-state index contributed by atoms with van der Waals surface area (Å²) in [5.74, 6) is 1.95.